The zero-order chi connectivity index (χ0) is 19.8. The van der Waals surface area contributed by atoms with Crippen LogP contribution < -0.4 is 0 Å². The number of unbranched alkanes of at least 4 members (excludes halogenated alkanes) is 2. The van der Waals surface area contributed by atoms with Gasteiger partial charge in [-0.25, -0.2) is 0 Å². The van der Waals surface area contributed by atoms with E-state index in [-0.39, 0.29) is 32.3 Å². The second-order valence-corrected chi connectivity index (χ2v) is 6.06. The van der Waals surface area contributed by atoms with Crippen LogP contribution in [0.2, 0.25) is 0 Å². The molecule has 0 aromatic heterocycles. The summed E-state index contributed by atoms with van der Waals surface area (Å²) in [6.07, 6.45) is 3.07. The number of nitriles is 1. The highest BCUT2D eigenvalue weighted by Crippen LogP contribution is 2.31. The lowest BCUT2D eigenvalue weighted by Crippen LogP contribution is -2.33. The highest BCUT2D eigenvalue weighted by Gasteiger charge is 2.41. The molecule has 0 aromatic rings. The number of nitrogens with zero attached hydrogens (tertiary/aromatic N) is 1. The van der Waals surface area contributed by atoms with Crippen molar-refractivity contribution in [1.29, 1.82) is 5.26 Å². The molecule has 0 saturated carbocycles. The summed E-state index contributed by atoms with van der Waals surface area (Å²) in [4.78, 5) is 35.9. The number of carbonyl (C=O) groups excluding carboxylic acids is 3. The van der Waals surface area contributed by atoms with Crippen molar-refractivity contribution in [2.24, 2.45) is 5.41 Å². The van der Waals surface area contributed by atoms with Crippen LogP contribution in [0.15, 0.2) is 0 Å². The fourth-order valence-electron chi connectivity index (χ4n) is 2.19. The fourth-order valence-corrected chi connectivity index (χ4v) is 2.19. The third-order valence-electron chi connectivity index (χ3n) is 3.91. The predicted octanol–water partition coefficient (Wildman–Crippen LogP) is 3.31. The van der Waals surface area contributed by atoms with E-state index in [1.54, 1.807) is 6.92 Å². The lowest BCUT2D eigenvalue weighted by Gasteiger charge is -2.23. The van der Waals surface area contributed by atoms with Gasteiger partial charge in [0.25, 0.3) is 0 Å². The van der Waals surface area contributed by atoms with Gasteiger partial charge in [-0.1, -0.05) is 26.7 Å². The van der Waals surface area contributed by atoms with Crippen molar-refractivity contribution in [2.45, 2.75) is 72.1 Å². The van der Waals surface area contributed by atoms with E-state index < -0.39 is 23.3 Å². The first-order valence-corrected chi connectivity index (χ1v) is 9.35. The largest absolute Gasteiger partial charge is 0.466 e. The molecule has 0 amide bonds. The minimum absolute atomic E-state index is 0.0461. The Labute approximate surface area is 156 Å². The van der Waals surface area contributed by atoms with Crippen molar-refractivity contribution in [3.63, 3.8) is 0 Å². The quantitative estimate of drug-likeness (QED) is 0.263. The number of carbonyl (C=O) groups is 3. The van der Waals surface area contributed by atoms with Crippen molar-refractivity contribution in [3.8, 4) is 6.07 Å². The Morgan fingerprint density at radius 3 is 1.65 bits per heavy atom. The van der Waals surface area contributed by atoms with Gasteiger partial charge in [-0.2, -0.15) is 5.26 Å². The Bertz CT molecular complexity index is 457. The molecule has 0 aliphatic heterocycles. The van der Waals surface area contributed by atoms with Crippen molar-refractivity contribution in [3.05, 3.63) is 0 Å². The molecule has 148 valence electrons. The lowest BCUT2D eigenvalue weighted by atomic mass is 9.80. The summed E-state index contributed by atoms with van der Waals surface area (Å²) in [6, 6.07) is 1.96. The Kier molecular flexibility index (Phi) is 13.0. The Morgan fingerprint density at radius 2 is 1.31 bits per heavy atom. The molecule has 0 aliphatic rings. The molecular formula is C19H31NO6. The van der Waals surface area contributed by atoms with Crippen LogP contribution in [-0.2, 0) is 28.6 Å². The van der Waals surface area contributed by atoms with Crippen LogP contribution in [0.4, 0.5) is 0 Å². The van der Waals surface area contributed by atoms with E-state index in [9.17, 15) is 19.6 Å². The van der Waals surface area contributed by atoms with Crippen molar-refractivity contribution >= 4 is 17.9 Å². The van der Waals surface area contributed by atoms with Gasteiger partial charge < -0.3 is 14.2 Å². The van der Waals surface area contributed by atoms with Gasteiger partial charge in [0.2, 0.25) is 0 Å². The van der Waals surface area contributed by atoms with E-state index in [1.165, 1.54) is 0 Å². The van der Waals surface area contributed by atoms with E-state index in [0.29, 0.717) is 13.2 Å². The van der Waals surface area contributed by atoms with E-state index in [4.69, 9.17) is 14.2 Å². The number of rotatable bonds is 14. The van der Waals surface area contributed by atoms with Gasteiger partial charge in [-0.05, 0) is 32.6 Å². The molecule has 0 N–H and O–H groups in total. The van der Waals surface area contributed by atoms with E-state index in [2.05, 4.69) is 0 Å². The van der Waals surface area contributed by atoms with Crippen molar-refractivity contribution in [1.82, 2.24) is 0 Å². The van der Waals surface area contributed by atoms with Crippen LogP contribution in [0, 0.1) is 16.7 Å². The zero-order valence-electron chi connectivity index (χ0n) is 16.2. The molecule has 0 rings (SSSR count). The van der Waals surface area contributed by atoms with E-state index in [0.717, 1.165) is 25.7 Å². The maximum Gasteiger partial charge on any atom is 0.326 e. The smallest absolute Gasteiger partial charge is 0.326 e. The summed E-state index contributed by atoms with van der Waals surface area (Å²) in [7, 11) is 0. The van der Waals surface area contributed by atoms with Gasteiger partial charge in [0.15, 0.2) is 5.41 Å². The number of hydrogen-bond acceptors (Lipinski definition) is 7. The van der Waals surface area contributed by atoms with Gasteiger partial charge in [0.1, 0.15) is 0 Å². The summed E-state index contributed by atoms with van der Waals surface area (Å²) in [5.41, 5.74) is -1.55. The van der Waals surface area contributed by atoms with Gasteiger partial charge in [-0.3, -0.25) is 14.4 Å². The van der Waals surface area contributed by atoms with E-state index >= 15 is 0 Å². The normalized spacial score (nSPS) is 10.7. The molecule has 7 heteroatoms. The average Bonchev–Trinajstić information content (AvgIpc) is 2.63. The van der Waals surface area contributed by atoms with Crippen LogP contribution in [-0.4, -0.2) is 37.7 Å². The molecule has 0 unspecified atom stereocenters. The molecule has 0 heterocycles. The first kappa shape index (κ1) is 23.9. The molecule has 0 bridgehead atoms. The van der Waals surface area contributed by atoms with Crippen LogP contribution in [0.5, 0.6) is 0 Å². The first-order chi connectivity index (χ1) is 12.5. The molecule has 0 saturated heterocycles. The maximum absolute atomic E-state index is 12.3. The molecule has 0 fully saturated rings. The minimum Gasteiger partial charge on any atom is -0.466 e. The Hall–Kier alpha value is -2.10. The zero-order valence-corrected chi connectivity index (χ0v) is 16.2. The summed E-state index contributed by atoms with van der Waals surface area (Å²) in [5.74, 6) is -1.65. The molecule has 0 spiro atoms. The van der Waals surface area contributed by atoms with Crippen LogP contribution in [0.25, 0.3) is 0 Å². The van der Waals surface area contributed by atoms with Gasteiger partial charge >= 0.3 is 17.9 Å². The first-order valence-electron chi connectivity index (χ1n) is 9.35. The lowest BCUT2D eigenvalue weighted by molar-refractivity contribution is -0.154. The molecule has 0 radical (unpaired) electrons. The standard InChI is InChI=1S/C19H31NO6/c1-4-7-13-25-16(21)9-11-19(15-20,18(23)24-6-3)12-10-17(22)26-14-8-5-2/h4-14H2,1-3H3. The fraction of sp³-hybridized carbons (Fsp3) is 0.789. The predicted molar refractivity (Wildman–Crippen MR) is 94.9 cm³/mol. The third kappa shape index (κ3) is 9.40. The van der Waals surface area contributed by atoms with Crippen LogP contribution >= 0.6 is 0 Å². The number of hydrogen-bond donors (Lipinski definition) is 0. The highest BCUT2D eigenvalue weighted by atomic mass is 16.5. The van der Waals surface area contributed by atoms with Gasteiger partial charge in [0, 0.05) is 12.8 Å². The second kappa shape index (κ2) is 14.1. The number of ether oxygens (including phenoxy) is 3. The molecular weight excluding hydrogens is 338 g/mol. The Balaban J connectivity index is 4.80. The Morgan fingerprint density at radius 1 is 0.846 bits per heavy atom. The topological polar surface area (TPSA) is 103 Å². The van der Waals surface area contributed by atoms with Crippen LogP contribution in [0.3, 0.4) is 0 Å². The van der Waals surface area contributed by atoms with Crippen LogP contribution in [0.1, 0.15) is 72.1 Å². The maximum atomic E-state index is 12.3. The summed E-state index contributed by atoms with van der Waals surface area (Å²) in [6.45, 7) is 6.35. The summed E-state index contributed by atoms with van der Waals surface area (Å²) < 4.78 is 15.1. The number of esters is 3. The summed E-state index contributed by atoms with van der Waals surface area (Å²) >= 11 is 0. The van der Waals surface area contributed by atoms with Crippen molar-refractivity contribution in [2.75, 3.05) is 19.8 Å². The van der Waals surface area contributed by atoms with Crippen molar-refractivity contribution < 1.29 is 28.6 Å². The van der Waals surface area contributed by atoms with Gasteiger partial charge in [-0.15, -0.1) is 0 Å². The molecule has 0 atom stereocenters. The highest BCUT2D eigenvalue weighted by molar-refractivity contribution is 5.82. The molecule has 0 aromatic carbocycles. The average molecular weight is 369 g/mol. The molecule has 26 heavy (non-hydrogen) atoms. The van der Waals surface area contributed by atoms with Gasteiger partial charge in [0.05, 0.1) is 25.9 Å². The second-order valence-electron chi connectivity index (χ2n) is 6.06. The minimum atomic E-state index is -1.55. The van der Waals surface area contributed by atoms with E-state index in [1.807, 2.05) is 19.9 Å². The summed E-state index contributed by atoms with van der Waals surface area (Å²) in [5, 5.41) is 9.57. The SMILES string of the molecule is CCCCOC(=O)CCC(C#N)(CCC(=O)OCCCC)C(=O)OCC. The monoisotopic (exact) mass is 369 g/mol. The molecule has 0 aliphatic carbocycles. The molecule has 7 nitrogen and oxygen atoms in total. The third-order valence-corrected chi connectivity index (χ3v) is 3.91.